The second-order valence-electron chi connectivity index (χ2n) is 9.27. The van der Waals surface area contributed by atoms with Gasteiger partial charge < -0.3 is 19.7 Å². The van der Waals surface area contributed by atoms with Gasteiger partial charge in [0.15, 0.2) is 11.5 Å². The Morgan fingerprint density at radius 3 is 2.44 bits per heavy atom. The van der Waals surface area contributed by atoms with Crippen LogP contribution >= 0.6 is 0 Å². The van der Waals surface area contributed by atoms with Gasteiger partial charge in [-0.3, -0.25) is 13.9 Å². The van der Waals surface area contributed by atoms with E-state index in [1.54, 1.807) is 25.1 Å². The SMILES string of the molecule is CCS(=O)(=O)N(CC(=O)N(Cc1cccc(C)c1)[C@@H](C)C(=O)NCC(C)C)c1ccc2c(c1)OCO2. The third-order valence-electron chi connectivity index (χ3n) is 5.91. The van der Waals surface area contributed by atoms with Gasteiger partial charge in [-0.2, -0.15) is 0 Å². The number of amides is 2. The van der Waals surface area contributed by atoms with Crippen molar-refractivity contribution >= 4 is 27.5 Å². The summed E-state index contributed by atoms with van der Waals surface area (Å²) in [5.74, 6) is 0.191. The minimum atomic E-state index is -3.82. The maximum Gasteiger partial charge on any atom is 0.244 e. The fourth-order valence-electron chi connectivity index (χ4n) is 3.80. The molecule has 36 heavy (non-hydrogen) atoms. The van der Waals surface area contributed by atoms with Crippen LogP contribution in [0.5, 0.6) is 11.5 Å². The van der Waals surface area contributed by atoms with Crippen LogP contribution in [0, 0.1) is 12.8 Å². The van der Waals surface area contributed by atoms with E-state index in [4.69, 9.17) is 9.47 Å². The maximum atomic E-state index is 13.7. The molecule has 2 aromatic rings. The zero-order chi connectivity index (χ0) is 26.5. The molecule has 10 heteroatoms. The Hall–Kier alpha value is -3.27. The van der Waals surface area contributed by atoms with E-state index < -0.39 is 28.5 Å². The van der Waals surface area contributed by atoms with Gasteiger partial charge in [-0.15, -0.1) is 0 Å². The normalized spacial score (nSPS) is 13.4. The van der Waals surface area contributed by atoms with E-state index in [2.05, 4.69) is 5.32 Å². The van der Waals surface area contributed by atoms with Gasteiger partial charge in [-0.25, -0.2) is 8.42 Å². The molecule has 0 aliphatic carbocycles. The molecule has 9 nitrogen and oxygen atoms in total. The Morgan fingerprint density at radius 1 is 1.06 bits per heavy atom. The van der Waals surface area contributed by atoms with Gasteiger partial charge in [0.2, 0.25) is 28.6 Å². The van der Waals surface area contributed by atoms with Crippen LogP contribution in [0.3, 0.4) is 0 Å². The summed E-state index contributed by atoms with van der Waals surface area (Å²) in [6.45, 7) is 9.33. The van der Waals surface area contributed by atoms with Crippen LogP contribution in [0.4, 0.5) is 5.69 Å². The lowest BCUT2D eigenvalue weighted by Crippen LogP contribution is -2.51. The number of anilines is 1. The van der Waals surface area contributed by atoms with E-state index in [-0.39, 0.29) is 30.9 Å². The Morgan fingerprint density at radius 2 is 1.78 bits per heavy atom. The van der Waals surface area contributed by atoms with Gasteiger partial charge in [0.1, 0.15) is 12.6 Å². The minimum Gasteiger partial charge on any atom is -0.454 e. The Bertz CT molecular complexity index is 1200. The fourth-order valence-corrected chi connectivity index (χ4v) is 4.86. The van der Waals surface area contributed by atoms with E-state index in [0.29, 0.717) is 23.7 Å². The van der Waals surface area contributed by atoms with E-state index in [1.807, 2.05) is 45.0 Å². The molecule has 196 valence electrons. The third-order valence-corrected chi connectivity index (χ3v) is 7.65. The summed E-state index contributed by atoms with van der Waals surface area (Å²) in [5, 5.41) is 2.87. The molecule has 0 saturated carbocycles. The molecule has 1 N–H and O–H groups in total. The van der Waals surface area contributed by atoms with E-state index in [9.17, 15) is 18.0 Å². The first-order valence-corrected chi connectivity index (χ1v) is 13.7. The lowest BCUT2D eigenvalue weighted by molar-refractivity contribution is -0.139. The molecule has 0 spiro atoms. The molecule has 1 heterocycles. The van der Waals surface area contributed by atoms with Gasteiger partial charge in [0.05, 0.1) is 11.4 Å². The Balaban J connectivity index is 1.92. The summed E-state index contributed by atoms with van der Waals surface area (Å²) in [6.07, 6.45) is 0. The fraction of sp³-hybridized carbons (Fsp3) is 0.462. The maximum absolute atomic E-state index is 13.7. The van der Waals surface area contributed by atoms with Crippen molar-refractivity contribution in [3.63, 3.8) is 0 Å². The Kier molecular flexibility index (Phi) is 8.84. The van der Waals surface area contributed by atoms with E-state index in [0.717, 1.165) is 15.4 Å². The molecule has 0 fully saturated rings. The molecule has 1 atom stereocenters. The number of carbonyl (C=O) groups is 2. The summed E-state index contributed by atoms with van der Waals surface area (Å²) in [5.41, 5.74) is 2.16. The zero-order valence-corrected chi connectivity index (χ0v) is 22.3. The summed E-state index contributed by atoms with van der Waals surface area (Å²) >= 11 is 0. The topological polar surface area (TPSA) is 105 Å². The molecule has 1 aliphatic rings. The average molecular weight is 518 g/mol. The summed E-state index contributed by atoms with van der Waals surface area (Å²) in [4.78, 5) is 28.0. The van der Waals surface area contributed by atoms with Crippen LogP contribution < -0.4 is 19.1 Å². The van der Waals surface area contributed by atoms with Gasteiger partial charge in [0.25, 0.3) is 0 Å². The molecule has 3 rings (SSSR count). The molecule has 0 radical (unpaired) electrons. The highest BCUT2D eigenvalue weighted by Crippen LogP contribution is 2.36. The molecule has 1 aliphatic heterocycles. The number of aryl methyl sites for hydroxylation is 1. The van der Waals surface area contributed by atoms with Crippen LogP contribution in [0.15, 0.2) is 42.5 Å². The van der Waals surface area contributed by atoms with Crippen molar-refractivity contribution in [3.05, 3.63) is 53.6 Å². The molecular weight excluding hydrogens is 482 g/mol. The Labute approximate surface area is 213 Å². The predicted octanol–water partition coefficient (Wildman–Crippen LogP) is 3.07. The van der Waals surface area contributed by atoms with Gasteiger partial charge in [-0.05, 0) is 44.4 Å². The largest absolute Gasteiger partial charge is 0.454 e. The molecule has 0 aromatic heterocycles. The number of nitrogens with zero attached hydrogens (tertiary/aromatic N) is 2. The number of hydrogen-bond acceptors (Lipinski definition) is 6. The smallest absolute Gasteiger partial charge is 0.244 e. The predicted molar refractivity (Wildman–Crippen MR) is 138 cm³/mol. The highest BCUT2D eigenvalue weighted by atomic mass is 32.2. The molecule has 2 amide bonds. The number of rotatable bonds is 11. The number of nitrogens with one attached hydrogen (secondary N) is 1. The number of carbonyl (C=O) groups excluding carboxylic acids is 2. The molecule has 0 unspecified atom stereocenters. The second kappa shape index (κ2) is 11.6. The second-order valence-corrected chi connectivity index (χ2v) is 11.5. The summed E-state index contributed by atoms with van der Waals surface area (Å²) < 4.78 is 37.9. The van der Waals surface area contributed by atoms with Crippen molar-refractivity contribution < 1.29 is 27.5 Å². The van der Waals surface area contributed by atoms with Crippen molar-refractivity contribution in [2.75, 3.05) is 29.9 Å². The number of ether oxygens (including phenoxy) is 2. The number of fused-ring (bicyclic) bond motifs is 1. The van der Waals surface area contributed by atoms with Crippen molar-refractivity contribution in [2.45, 2.75) is 47.2 Å². The molecule has 2 aromatic carbocycles. The van der Waals surface area contributed by atoms with Crippen molar-refractivity contribution in [2.24, 2.45) is 5.92 Å². The monoisotopic (exact) mass is 517 g/mol. The highest BCUT2D eigenvalue weighted by molar-refractivity contribution is 7.92. The standard InChI is InChI=1S/C26H35N3O6S/c1-6-36(32,33)29(22-10-11-23-24(13-22)35-17-34-23)16-25(30)28(15-21-9-7-8-19(4)12-21)20(5)26(31)27-14-18(2)3/h7-13,18,20H,6,14-17H2,1-5H3,(H,27,31)/t20-/m0/s1. The molecule has 0 saturated heterocycles. The van der Waals surface area contributed by atoms with Gasteiger partial charge >= 0.3 is 0 Å². The van der Waals surface area contributed by atoms with Crippen LogP contribution in [0.1, 0.15) is 38.8 Å². The van der Waals surface area contributed by atoms with Crippen LogP contribution in [-0.4, -0.2) is 56.8 Å². The van der Waals surface area contributed by atoms with Crippen LogP contribution in [0.25, 0.3) is 0 Å². The zero-order valence-electron chi connectivity index (χ0n) is 21.5. The number of benzene rings is 2. The molecular formula is C26H35N3O6S. The first kappa shape index (κ1) is 27.3. The first-order valence-electron chi connectivity index (χ1n) is 12.0. The third kappa shape index (κ3) is 6.69. The average Bonchev–Trinajstić information content (AvgIpc) is 3.31. The first-order chi connectivity index (χ1) is 17.0. The number of sulfonamides is 1. The quantitative estimate of drug-likeness (QED) is 0.491. The van der Waals surface area contributed by atoms with Gasteiger partial charge in [0, 0.05) is 19.2 Å². The van der Waals surface area contributed by atoms with Crippen LogP contribution in [0.2, 0.25) is 0 Å². The summed E-state index contributed by atoms with van der Waals surface area (Å²) in [7, 11) is -3.82. The van der Waals surface area contributed by atoms with Crippen molar-refractivity contribution in [1.82, 2.24) is 10.2 Å². The van der Waals surface area contributed by atoms with Gasteiger partial charge in [-0.1, -0.05) is 43.7 Å². The summed E-state index contributed by atoms with van der Waals surface area (Å²) in [6, 6.07) is 11.6. The molecule has 0 bridgehead atoms. The highest BCUT2D eigenvalue weighted by Gasteiger charge is 2.31. The van der Waals surface area contributed by atoms with Crippen molar-refractivity contribution in [3.8, 4) is 11.5 Å². The lowest BCUT2D eigenvalue weighted by atomic mass is 10.1. The number of hydrogen-bond donors (Lipinski definition) is 1. The van der Waals surface area contributed by atoms with Crippen molar-refractivity contribution in [1.29, 1.82) is 0 Å². The van der Waals surface area contributed by atoms with E-state index in [1.165, 1.54) is 11.8 Å². The minimum absolute atomic E-state index is 0.0471. The van der Waals surface area contributed by atoms with Crippen LogP contribution in [-0.2, 0) is 26.2 Å². The van der Waals surface area contributed by atoms with E-state index >= 15 is 0 Å². The lowest BCUT2D eigenvalue weighted by Gasteiger charge is -2.32.